The summed E-state index contributed by atoms with van der Waals surface area (Å²) in [6, 6.07) is 12.2. The normalized spacial score (nSPS) is 15.2. The molecule has 0 bridgehead atoms. The van der Waals surface area contributed by atoms with Crippen LogP contribution in [0.4, 0.5) is 5.13 Å². The van der Waals surface area contributed by atoms with Gasteiger partial charge in [0.2, 0.25) is 10.0 Å². The van der Waals surface area contributed by atoms with Crippen molar-refractivity contribution < 1.29 is 13.2 Å². The SMILES string of the molecule is CCN(CC)CCN(C(=O)c1ccc(S(=O)(=O)N2CCC(C)CC2)cc1)c1nc2ccc(Br)cc2s1.Cl. The summed E-state index contributed by atoms with van der Waals surface area (Å²) in [7, 11) is -3.56. The minimum Gasteiger partial charge on any atom is -0.302 e. The van der Waals surface area contributed by atoms with Crippen LogP contribution in [0.25, 0.3) is 10.2 Å². The fraction of sp³-hybridized carbons (Fsp3) is 0.462. The quantitative estimate of drug-likeness (QED) is 0.295. The average Bonchev–Trinajstić information content (AvgIpc) is 3.29. The van der Waals surface area contributed by atoms with Gasteiger partial charge in [-0.1, -0.05) is 48.0 Å². The second-order valence-corrected chi connectivity index (χ2v) is 13.1. The summed E-state index contributed by atoms with van der Waals surface area (Å²) in [4.78, 5) is 22.6. The second-order valence-electron chi connectivity index (χ2n) is 9.20. The molecule has 1 aliphatic heterocycles. The van der Waals surface area contributed by atoms with E-state index in [1.807, 2.05) is 18.2 Å². The number of fused-ring (bicyclic) bond motifs is 1. The third-order valence-electron chi connectivity index (χ3n) is 6.83. The molecule has 2 heterocycles. The zero-order chi connectivity index (χ0) is 25.9. The van der Waals surface area contributed by atoms with Gasteiger partial charge in [-0.3, -0.25) is 9.69 Å². The van der Waals surface area contributed by atoms with Crippen molar-refractivity contribution in [3.8, 4) is 0 Å². The third-order valence-corrected chi connectivity index (χ3v) is 10.3. The summed E-state index contributed by atoms with van der Waals surface area (Å²) < 4.78 is 29.7. The van der Waals surface area contributed by atoms with Gasteiger partial charge in [-0.2, -0.15) is 4.31 Å². The number of rotatable bonds is 9. The highest BCUT2D eigenvalue weighted by Crippen LogP contribution is 2.32. The Kier molecular flexibility index (Phi) is 10.5. The van der Waals surface area contributed by atoms with Gasteiger partial charge >= 0.3 is 0 Å². The summed E-state index contributed by atoms with van der Waals surface area (Å²) >= 11 is 4.98. The highest BCUT2D eigenvalue weighted by atomic mass is 79.9. The third kappa shape index (κ3) is 6.91. The first-order valence-electron chi connectivity index (χ1n) is 12.4. The molecule has 1 aromatic heterocycles. The van der Waals surface area contributed by atoms with Gasteiger partial charge in [0.25, 0.3) is 5.91 Å². The number of nitrogens with zero attached hydrogens (tertiary/aromatic N) is 4. The average molecular weight is 630 g/mol. The smallest absolute Gasteiger partial charge is 0.260 e. The van der Waals surface area contributed by atoms with Crippen LogP contribution in [0.2, 0.25) is 0 Å². The van der Waals surface area contributed by atoms with E-state index in [1.54, 1.807) is 33.5 Å². The largest absolute Gasteiger partial charge is 0.302 e. The van der Waals surface area contributed by atoms with Crippen LogP contribution < -0.4 is 4.90 Å². The lowest BCUT2D eigenvalue weighted by atomic mass is 10.0. The molecule has 202 valence electrons. The Hall–Kier alpha value is -1.56. The van der Waals surface area contributed by atoms with Gasteiger partial charge in [-0.25, -0.2) is 13.4 Å². The van der Waals surface area contributed by atoms with Crippen LogP contribution >= 0.6 is 39.7 Å². The van der Waals surface area contributed by atoms with E-state index in [0.717, 1.165) is 47.2 Å². The summed E-state index contributed by atoms with van der Waals surface area (Å²) in [6.45, 7) is 10.4. The molecule has 0 spiro atoms. The number of amides is 1. The lowest BCUT2D eigenvalue weighted by Gasteiger charge is -2.29. The molecule has 4 rings (SSSR count). The first-order valence-corrected chi connectivity index (χ1v) is 15.5. The Morgan fingerprint density at radius 3 is 2.35 bits per heavy atom. The van der Waals surface area contributed by atoms with Crippen molar-refractivity contribution in [1.82, 2.24) is 14.2 Å². The maximum Gasteiger partial charge on any atom is 0.260 e. The predicted molar refractivity (Wildman–Crippen MR) is 158 cm³/mol. The minimum atomic E-state index is -3.56. The van der Waals surface area contributed by atoms with E-state index in [4.69, 9.17) is 4.98 Å². The molecule has 0 radical (unpaired) electrons. The van der Waals surface area contributed by atoms with Gasteiger partial charge in [-0.05, 0) is 74.3 Å². The van der Waals surface area contributed by atoms with Gasteiger partial charge in [-0.15, -0.1) is 12.4 Å². The van der Waals surface area contributed by atoms with E-state index < -0.39 is 10.0 Å². The zero-order valence-corrected chi connectivity index (χ0v) is 25.4. The Bertz CT molecular complexity index is 1310. The Labute approximate surface area is 238 Å². The van der Waals surface area contributed by atoms with Crippen LogP contribution in [0.5, 0.6) is 0 Å². The van der Waals surface area contributed by atoms with Gasteiger partial charge in [0.15, 0.2) is 5.13 Å². The summed E-state index contributed by atoms with van der Waals surface area (Å²) in [5, 5.41) is 0.638. The van der Waals surface area contributed by atoms with Crippen LogP contribution in [-0.4, -0.2) is 67.8 Å². The fourth-order valence-corrected chi connectivity index (χ4v) is 7.38. The minimum absolute atomic E-state index is 0. The number of benzene rings is 2. The summed E-state index contributed by atoms with van der Waals surface area (Å²) in [5.41, 5.74) is 1.29. The first kappa shape index (κ1) is 30.0. The van der Waals surface area contributed by atoms with Crippen molar-refractivity contribution in [2.75, 3.05) is 44.2 Å². The molecule has 0 atom stereocenters. The van der Waals surface area contributed by atoms with Crippen LogP contribution in [-0.2, 0) is 10.0 Å². The first-order chi connectivity index (χ1) is 17.2. The molecule has 1 amide bonds. The molecule has 1 fully saturated rings. The van der Waals surface area contributed by atoms with E-state index >= 15 is 0 Å². The number of likely N-dealkylation sites (N-methyl/N-ethyl adjacent to an activating group) is 1. The molecule has 0 aliphatic carbocycles. The van der Waals surface area contributed by atoms with Crippen molar-refractivity contribution in [2.24, 2.45) is 5.92 Å². The van der Waals surface area contributed by atoms with E-state index in [9.17, 15) is 13.2 Å². The number of hydrogen-bond acceptors (Lipinski definition) is 6. The molecule has 11 heteroatoms. The van der Waals surface area contributed by atoms with Crippen molar-refractivity contribution >= 4 is 71.0 Å². The number of hydrogen-bond donors (Lipinski definition) is 0. The Balaban J connectivity index is 0.00000380. The van der Waals surface area contributed by atoms with Crippen molar-refractivity contribution in [3.63, 3.8) is 0 Å². The Morgan fingerprint density at radius 1 is 1.08 bits per heavy atom. The maximum absolute atomic E-state index is 13.7. The van der Waals surface area contributed by atoms with Crippen LogP contribution in [0.15, 0.2) is 51.8 Å². The molecular formula is C26H34BrClN4O3S2. The summed E-state index contributed by atoms with van der Waals surface area (Å²) in [6.07, 6.45) is 1.74. The molecule has 1 aliphatic rings. The molecular weight excluding hydrogens is 596 g/mol. The molecule has 1 saturated heterocycles. The number of aromatic nitrogens is 1. The monoisotopic (exact) mass is 628 g/mol. The zero-order valence-electron chi connectivity index (χ0n) is 21.4. The van der Waals surface area contributed by atoms with Crippen LogP contribution in [0.1, 0.15) is 44.0 Å². The van der Waals surface area contributed by atoms with E-state index in [1.165, 1.54) is 11.3 Å². The van der Waals surface area contributed by atoms with Crippen LogP contribution in [0.3, 0.4) is 0 Å². The number of sulfonamides is 1. The molecule has 0 unspecified atom stereocenters. The number of anilines is 1. The van der Waals surface area contributed by atoms with E-state index in [-0.39, 0.29) is 23.2 Å². The number of carbonyl (C=O) groups is 1. The van der Waals surface area contributed by atoms with Gasteiger partial charge in [0.05, 0.1) is 15.1 Å². The predicted octanol–water partition coefficient (Wildman–Crippen LogP) is 5.89. The summed E-state index contributed by atoms with van der Waals surface area (Å²) in [5.74, 6) is 0.360. The standard InChI is InChI=1S/C26H33BrN4O3S2.ClH/c1-4-29(5-2)16-17-31(26-28-23-11-8-21(27)18-24(23)35-26)25(32)20-6-9-22(10-7-20)36(33,34)30-14-12-19(3)13-15-30;/h6-11,18-19H,4-5,12-17H2,1-3H3;1H. The topological polar surface area (TPSA) is 73.8 Å². The molecule has 2 aromatic carbocycles. The number of carbonyl (C=O) groups excluding carboxylic acids is 1. The van der Waals surface area contributed by atoms with E-state index in [2.05, 4.69) is 41.6 Å². The van der Waals surface area contributed by atoms with Gasteiger partial charge in [0.1, 0.15) is 0 Å². The molecule has 0 N–H and O–H groups in total. The van der Waals surface area contributed by atoms with Crippen molar-refractivity contribution in [2.45, 2.75) is 38.5 Å². The highest BCUT2D eigenvalue weighted by Gasteiger charge is 2.29. The van der Waals surface area contributed by atoms with E-state index in [0.29, 0.717) is 36.2 Å². The maximum atomic E-state index is 13.7. The van der Waals surface area contributed by atoms with Crippen LogP contribution in [0, 0.1) is 5.92 Å². The van der Waals surface area contributed by atoms with Gasteiger partial charge in [0, 0.05) is 36.2 Å². The molecule has 7 nitrogen and oxygen atoms in total. The Morgan fingerprint density at radius 2 is 1.73 bits per heavy atom. The molecule has 3 aromatic rings. The van der Waals surface area contributed by atoms with Crippen molar-refractivity contribution in [3.05, 3.63) is 52.5 Å². The lowest BCUT2D eigenvalue weighted by Crippen LogP contribution is -2.39. The second kappa shape index (κ2) is 13.0. The molecule has 0 saturated carbocycles. The fourth-order valence-electron chi connectivity index (χ4n) is 4.37. The number of thiazole rings is 1. The molecule has 37 heavy (non-hydrogen) atoms. The lowest BCUT2D eigenvalue weighted by molar-refractivity contribution is 0.0983. The van der Waals surface area contributed by atoms with Crippen molar-refractivity contribution in [1.29, 1.82) is 0 Å². The number of halogens is 2. The highest BCUT2D eigenvalue weighted by molar-refractivity contribution is 9.10. The number of piperidine rings is 1. The van der Waals surface area contributed by atoms with Gasteiger partial charge < -0.3 is 4.90 Å².